The normalized spacial score (nSPS) is 12.0. The number of hydrogen-bond donors (Lipinski definition) is 0. The van der Waals surface area contributed by atoms with Crippen LogP contribution in [0.5, 0.6) is 0 Å². The summed E-state index contributed by atoms with van der Waals surface area (Å²) < 4.78 is 5.54. The Morgan fingerprint density at radius 1 is 1.16 bits per heavy atom. The fraction of sp³-hybridized carbons (Fsp3) is 0.200. The molecule has 0 N–H and O–H groups in total. The molecular weight excluding hydrogens is 336 g/mol. The van der Waals surface area contributed by atoms with E-state index in [9.17, 15) is 4.79 Å². The van der Waals surface area contributed by atoms with Gasteiger partial charge in [-0.2, -0.15) is 0 Å². The standard InChI is InChI=1S/C20H19ClN2O2/c1-14(20(24)23(2)12-15-6-4-3-5-7-15)19-22-18(13-25-19)16-8-10-17(21)11-9-16/h3-11,13-14H,12H2,1-2H3. The van der Waals surface area contributed by atoms with E-state index >= 15 is 0 Å². The number of likely N-dealkylation sites (N-methyl/N-ethyl adjacent to an activating group) is 1. The molecule has 3 aromatic rings. The minimum Gasteiger partial charge on any atom is -0.447 e. The van der Waals surface area contributed by atoms with E-state index in [1.165, 1.54) is 0 Å². The topological polar surface area (TPSA) is 46.3 Å². The van der Waals surface area contributed by atoms with Gasteiger partial charge in [0.05, 0.1) is 0 Å². The Morgan fingerprint density at radius 3 is 2.52 bits per heavy atom. The van der Waals surface area contributed by atoms with Crippen LogP contribution in [0.3, 0.4) is 0 Å². The summed E-state index contributed by atoms with van der Waals surface area (Å²) >= 11 is 5.90. The first kappa shape index (κ1) is 17.2. The van der Waals surface area contributed by atoms with Crippen LogP contribution in [0.2, 0.25) is 5.02 Å². The van der Waals surface area contributed by atoms with Crippen molar-refractivity contribution >= 4 is 17.5 Å². The highest BCUT2D eigenvalue weighted by atomic mass is 35.5. The molecule has 1 unspecified atom stereocenters. The molecule has 0 spiro atoms. The van der Waals surface area contributed by atoms with Crippen LogP contribution < -0.4 is 0 Å². The Balaban J connectivity index is 1.71. The van der Waals surface area contributed by atoms with Gasteiger partial charge >= 0.3 is 0 Å². The van der Waals surface area contributed by atoms with Gasteiger partial charge in [-0.3, -0.25) is 4.79 Å². The summed E-state index contributed by atoms with van der Waals surface area (Å²) in [6.45, 7) is 2.36. The third kappa shape index (κ3) is 4.09. The molecule has 0 saturated carbocycles. The van der Waals surface area contributed by atoms with Crippen molar-refractivity contribution in [3.8, 4) is 11.3 Å². The fourth-order valence-corrected chi connectivity index (χ4v) is 2.74. The van der Waals surface area contributed by atoms with E-state index in [1.807, 2.05) is 42.5 Å². The molecule has 128 valence electrons. The van der Waals surface area contributed by atoms with Crippen LogP contribution >= 0.6 is 11.6 Å². The number of hydrogen-bond acceptors (Lipinski definition) is 3. The summed E-state index contributed by atoms with van der Waals surface area (Å²) in [7, 11) is 1.79. The Labute approximate surface area is 152 Å². The number of nitrogens with zero attached hydrogens (tertiary/aromatic N) is 2. The van der Waals surface area contributed by atoms with E-state index in [0.29, 0.717) is 23.2 Å². The summed E-state index contributed by atoms with van der Waals surface area (Å²) in [6, 6.07) is 17.2. The third-order valence-corrected chi connectivity index (χ3v) is 4.29. The van der Waals surface area contributed by atoms with E-state index < -0.39 is 5.92 Å². The Bertz CT molecular complexity index is 844. The second-order valence-electron chi connectivity index (χ2n) is 5.98. The zero-order valence-electron chi connectivity index (χ0n) is 14.1. The van der Waals surface area contributed by atoms with Crippen molar-refractivity contribution in [2.75, 3.05) is 7.05 Å². The predicted octanol–water partition coefficient (Wildman–Crippen LogP) is 4.76. The lowest BCUT2D eigenvalue weighted by molar-refractivity contribution is -0.132. The van der Waals surface area contributed by atoms with Crippen molar-refractivity contribution < 1.29 is 9.21 Å². The lowest BCUT2D eigenvalue weighted by Gasteiger charge is -2.20. The molecule has 0 fully saturated rings. The monoisotopic (exact) mass is 354 g/mol. The first-order valence-corrected chi connectivity index (χ1v) is 8.42. The molecule has 1 atom stereocenters. The number of aromatic nitrogens is 1. The molecule has 1 heterocycles. The first-order valence-electron chi connectivity index (χ1n) is 8.05. The maximum atomic E-state index is 12.6. The third-order valence-electron chi connectivity index (χ3n) is 4.04. The highest BCUT2D eigenvalue weighted by Crippen LogP contribution is 2.25. The number of rotatable bonds is 5. The van der Waals surface area contributed by atoms with Gasteiger partial charge in [-0.15, -0.1) is 0 Å². The van der Waals surface area contributed by atoms with Crippen LogP contribution in [-0.4, -0.2) is 22.8 Å². The van der Waals surface area contributed by atoms with Crippen LogP contribution in [0, 0.1) is 0 Å². The van der Waals surface area contributed by atoms with Gasteiger partial charge in [0, 0.05) is 24.2 Å². The van der Waals surface area contributed by atoms with Crippen molar-refractivity contribution in [1.82, 2.24) is 9.88 Å². The number of benzene rings is 2. The van der Waals surface area contributed by atoms with Gasteiger partial charge in [0.1, 0.15) is 17.9 Å². The van der Waals surface area contributed by atoms with Gasteiger partial charge < -0.3 is 9.32 Å². The van der Waals surface area contributed by atoms with E-state index in [1.54, 1.807) is 37.3 Å². The lowest BCUT2D eigenvalue weighted by Crippen LogP contribution is -2.30. The summed E-state index contributed by atoms with van der Waals surface area (Å²) in [5.74, 6) is -0.0713. The molecule has 0 bridgehead atoms. The molecule has 0 aliphatic heterocycles. The zero-order chi connectivity index (χ0) is 17.8. The van der Waals surface area contributed by atoms with Gasteiger partial charge in [-0.05, 0) is 24.6 Å². The van der Waals surface area contributed by atoms with Crippen molar-refractivity contribution in [3.63, 3.8) is 0 Å². The summed E-state index contributed by atoms with van der Waals surface area (Å²) in [4.78, 5) is 18.8. The van der Waals surface area contributed by atoms with Crippen molar-refractivity contribution in [3.05, 3.63) is 77.3 Å². The van der Waals surface area contributed by atoms with Gasteiger partial charge in [0.15, 0.2) is 0 Å². The fourth-order valence-electron chi connectivity index (χ4n) is 2.61. The molecule has 5 heteroatoms. The Morgan fingerprint density at radius 2 is 1.84 bits per heavy atom. The second-order valence-corrected chi connectivity index (χ2v) is 6.42. The van der Waals surface area contributed by atoms with Crippen LogP contribution in [0.15, 0.2) is 65.3 Å². The number of halogens is 1. The van der Waals surface area contributed by atoms with Gasteiger partial charge in [0.2, 0.25) is 11.8 Å². The average Bonchev–Trinajstić information content (AvgIpc) is 3.12. The van der Waals surface area contributed by atoms with E-state index in [0.717, 1.165) is 11.1 Å². The van der Waals surface area contributed by atoms with Crippen LogP contribution in [0.25, 0.3) is 11.3 Å². The number of oxazole rings is 1. The van der Waals surface area contributed by atoms with Crippen molar-refractivity contribution in [1.29, 1.82) is 0 Å². The molecule has 4 nitrogen and oxygen atoms in total. The molecule has 25 heavy (non-hydrogen) atoms. The molecular formula is C20H19ClN2O2. The Kier molecular flexibility index (Phi) is 5.19. The number of amides is 1. The van der Waals surface area contributed by atoms with E-state index in [4.69, 9.17) is 16.0 Å². The maximum Gasteiger partial charge on any atom is 0.234 e. The van der Waals surface area contributed by atoms with E-state index in [2.05, 4.69) is 4.98 Å². The quantitative estimate of drug-likeness (QED) is 0.663. The first-order chi connectivity index (χ1) is 12.0. The SMILES string of the molecule is CC(C(=O)N(C)Cc1ccccc1)c1nc(-c2ccc(Cl)cc2)co1. The summed E-state index contributed by atoms with van der Waals surface area (Å²) in [5.41, 5.74) is 2.67. The number of carbonyl (C=O) groups is 1. The molecule has 1 amide bonds. The highest BCUT2D eigenvalue weighted by molar-refractivity contribution is 6.30. The van der Waals surface area contributed by atoms with Gasteiger partial charge in [-0.25, -0.2) is 4.98 Å². The molecule has 3 rings (SSSR count). The summed E-state index contributed by atoms with van der Waals surface area (Å²) in [5, 5.41) is 0.665. The zero-order valence-corrected chi connectivity index (χ0v) is 14.9. The molecule has 0 saturated heterocycles. The molecule has 0 aliphatic rings. The average molecular weight is 355 g/mol. The largest absolute Gasteiger partial charge is 0.447 e. The lowest BCUT2D eigenvalue weighted by atomic mass is 10.1. The van der Waals surface area contributed by atoms with Crippen LogP contribution in [-0.2, 0) is 11.3 Å². The van der Waals surface area contributed by atoms with Crippen LogP contribution in [0.1, 0.15) is 24.3 Å². The predicted molar refractivity (Wildman–Crippen MR) is 98.3 cm³/mol. The second kappa shape index (κ2) is 7.53. The van der Waals surface area contributed by atoms with Crippen molar-refractivity contribution in [2.24, 2.45) is 0 Å². The maximum absolute atomic E-state index is 12.6. The molecule has 1 aromatic heterocycles. The van der Waals surface area contributed by atoms with Crippen LogP contribution in [0.4, 0.5) is 0 Å². The minimum atomic E-state index is -0.449. The van der Waals surface area contributed by atoms with E-state index in [-0.39, 0.29) is 5.91 Å². The van der Waals surface area contributed by atoms with Crippen molar-refractivity contribution in [2.45, 2.75) is 19.4 Å². The Hall–Kier alpha value is -2.59. The van der Waals surface area contributed by atoms with Gasteiger partial charge in [-0.1, -0.05) is 54.1 Å². The number of carbonyl (C=O) groups excluding carboxylic acids is 1. The summed E-state index contributed by atoms with van der Waals surface area (Å²) in [6.07, 6.45) is 1.57. The highest BCUT2D eigenvalue weighted by Gasteiger charge is 2.24. The minimum absolute atomic E-state index is 0.0339. The molecule has 0 aliphatic carbocycles. The molecule has 0 radical (unpaired) electrons. The smallest absolute Gasteiger partial charge is 0.234 e. The van der Waals surface area contributed by atoms with Gasteiger partial charge in [0.25, 0.3) is 0 Å². The molecule has 2 aromatic carbocycles.